The molecule has 0 aromatic heterocycles. The van der Waals surface area contributed by atoms with Crippen molar-refractivity contribution in [2.24, 2.45) is 5.92 Å². The molecule has 3 rings (SSSR count). The van der Waals surface area contributed by atoms with Crippen LogP contribution in [0.3, 0.4) is 0 Å². The van der Waals surface area contributed by atoms with Gasteiger partial charge in [0.15, 0.2) is 0 Å². The van der Waals surface area contributed by atoms with Gasteiger partial charge in [0.05, 0.1) is 5.92 Å². The Morgan fingerprint density at radius 3 is 2.67 bits per heavy atom. The summed E-state index contributed by atoms with van der Waals surface area (Å²) in [7, 11) is 0. The Hall–Kier alpha value is -0.320. The Labute approximate surface area is 135 Å². The van der Waals surface area contributed by atoms with E-state index in [9.17, 15) is 4.79 Å². The van der Waals surface area contributed by atoms with Crippen LogP contribution in [0.4, 0.5) is 0 Å². The monoisotopic (exact) mass is 315 g/mol. The molecule has 0 bridgehead atoms. The van der Waals surface area contributed by atoms with Crippen molar-refractivity contribution in [1.29, 1.82) is 0 Å². The molecule has 1 amide bonds. The normalized spacial score (nSPS) is 37.5. The van der Waals surface area contributed by atoms with E-state index in [-0.39, 0.29) is 18.3 Å². The fourth-order valence-corrected chi connectivity index (χ4v) is 4.25. The summed E-state index contributed by atoms with van der Waals surface area (Å²) in [6.07, 6.45) is 6.14. The van der Waals surface area contributed by atoms with Crippen molar-refractivity contribution in [2.75, 3.05) is 26.2 Å². The van der Waals surface area contributed by atoms with E-state index in [4.69, 9.17) is 0 Å². The van der Waals surface area contributed by atoms with Gasteiger partial charge < -0.3 is 10.2 Å². The minimum atomic E-state index is 0. The van der Waals surface area contributed by atoms with Crippen LogP contribution in [0.25, 0.3) is 0 Å². The van der Waals surface area contributed by atoms with Crippen LogP contribution in [0.5, 0.6) is 0 Å². The molecule has 3 aliphatic heterocycles. The lowest BCUT2D eigenvalue weighted by atomic mass is 9.89. The Morgan fingerprint density at radius 1 is 1.10 bits per heavy atom. The number of carbonyl (C=O) groups excluding carboxylic acids is 1. The average Bonchev–Trinajstić information content (AvgIpc) is 2.46. The van der Waals surface area contributed by atoms with Crippen molar-refractivity contribution in [3.63, 3.8) is 0 Å². The largest absolute Gasteiger partial charge is 0.337 e. The Balaban J connectivity index is 0.00000161. The van der Waals surface area contributed by atoms with Crippen molar-refractivity contribution >= 4 is 18.3 Å². The fourth-order valence-electron chi connectivity index (χ4n) is 4.25. The zero-order valence-corrected chi connectivity index (χ0v) is 14.2. The molecule has 3 aliphatic rings. The van der Waals surface area contributed by atoms with Gasteiger partial charge in [0.1, 0.15) is 0 Å². The van der Waals surface area contributed by atoms with E-state index < -0.39 is 0 Å². The Morgan fingerprint density at radius 2 is 1.90 bits per heavy atom. The van der Waals surface area contributed by atoms with Gasteiger partial charge >= 0.3 is 0 Å². The van der Waals surface area contributed by atoms with E-state index in [1.165, 1.54) is 25.8 Å². The predicted molar refractivity (Wildman–Crippen MR) is 87.8 cm³/mol. The van der Waals surface area contributed by atoms with E-state index in [1.54, 1.807) is 0 Å². The van der Waals surface area contributed by atoms with Crippen LogP contribution < -0.4 is 5.32 Å². The van der Waals surface area contributed by atoms with Gasteiger partial charge in [0.2, 0.25) is 5.91 Å². The summed E-state index contributed by atoms with van der Waals surface area (Å²) in [6, 6.07) is 1.34. The van der Waals surface area contributed by atoms with Crippen molar-refractivity contribution in [3.05, 3.63) is 0 Å². The maximum Gasteiger partial charge on any atom is 0.227 e. The SMILES string of the molecule is CC1NCCCC1C(=O)N1CC2CCCCN2CC1C.Cl. The lowest BCUT2D eigenvalue weighted by molar-refractivity contribution is -0.144. The van der Waals surface area contributed by atoms with Gasteiger partial charge in [-0.15, -0.1) is 12.4 Å². The number of rotatable bonds is 1. The number of nitrogens with one attached hydrogen (secondary N) is 1. The molecule has 0 aromatic rings. The Kier molecular flexibility index (Phi) is 5.92. The summed E-state index contributed by atoms with van der Waals surface area (Å²) in [5, 5.41) is 3.47. The first-order valence-corrected chi connectivity index (χ1v) is 8.44. The second-order valence-electron chi connectivity index (χ2n) is 6.98. The number of piperazine rings is 1. The molecule has 0 aliphatic carbocycles. The molecule has 0 spiro atoms. The minimum absolute atomic E-state index is 0. The molecule has 3 fully saturated rings. The van der Waals surface area contributed by atoms with Crippen LogP contribution in [-0.4, -0.2) is 60.0 Å². The summed E-state index contributed by atoms with van der Waals surface area (Å²) >= 11 is 0. The number of nitrogens with zero attached hydrogens (tertiary/aromatic N) is 2. The summed E-state index contributed by atoms with van der Waals surface area (Å²) < 4.78 is 0. The zero-order valence-electron chi connectivity index (χ0n) is 13.4. The quantitative estimate of drug-likeness (QED) is 0.802. The van der Waals surface area contributed by atoms with E-state index in [1.807, 2.05) is 0 Å². The highest BCUT2D eigenvalue weighted by Gasteiger charge is 2.39. The molecule has 21 heavy (non-hydrogen) atoms. The molecule has 4 atom stereocenters. The average molecular weight is 316 g/mol. The molecule has 0 saturated carbocycles. The molecular formula is C16H30ClN3O. The van der Waals surface area contributed by atoms with Gasteiger partial charge in [-0.2, -0.15) is 0 Å². The topological polar surface area (TPSA) is 35.6 Å². The van der Waals surface area contributed by atoms with Crippen LogP contribution in [-0.2, 0) is 4.79 Å². The molecule has 4 unspecified atom stereocenters. The molecule has 0 radical (unpaired) electrons. The number of hydrogen-bond donors (Lipinski definition) is 1. The molecule has 4 nitrogen and oxygen atoms in total. The van der Waals surface area contributed by atoms with Crippen molar-refractivity contribution < 1.29 is 4.79 Å². The highest BCUT2D eigenvalue weighted by Crippen LogP contribution is 2.27. The van der Waals surface area contributed by atoms with E-state index in [2.05, 4.69) is 29.0 Å². The van der Waals surface area contributed by atoms with Crippen LogP contribution in [0.1, 0.15) is 46.0 Å². The third-order valence-electron chi connectivity index (χ3n) is 5.55. The number of hydrogen-bond acceptors (Lipinski definition) is 3. The first-order valence-electron chi connectivity index (χ1n) is 8.44. The number of amides is 1. The molecule has 5 heteroatoms. The maximum atomic E-state index is 12.9. The third kappa shape index (κ3) is 3.54. The van der Waals surface area contributed by atoms with E-state index >= 15 is 0 Å². The molecule has 1 N–H and O–H groups in total. The smallest absolute Gasteiger partial charge is 0.227 e. The van der Waals surface area contributed by atoms with Gasteiger partial charge in [-0.25, -0.2) is 0 Å². The van der Waals surface area contributed by atoms with Crippen molar-refractivity contribution in [2.45, 2.75) is 64.1 Å². The minimum Gasteiger partial charge on any atom is -0.337 e. The van der Waals surface area contributed by atoms with Gasteiger partial charge in [0.25, 0.3) is 0 Å². The van der Waals surface area contributed by atoms with Crippen LogP contribution in [0.2, 0.25) is 0 Å². The highest BCUT2D eigenvalue weighted by molar-refractivity contribution is 5.85. The summed E-state index contributed by atoms with van der Waals surface area (Å²) in [5.41, 5.74) is 0. The van der Waals surface area contributed by atoms with Gasteiger partial charge in [-0.3, -0.25) is 9.69 Å². The maximum absolute atomic E-state index is 12.9. The zero-order chi connectivity index (χ0) is 14.1. The molecule has 3 saturated heterocycles. The summed E-state index contributed by atoms with van der Waals surface area (Å²) in [5.74, 6) is 0.601. The van der Waals surface area contributed by atoms with E-state index in [0.717, 1.165) is 32.5 Å². The molecule has 0 aromatic carbocycles. The summed E-state index contributed by atoms with van der Waals surface area (Å²) in [6.45, 7) is 8.73. The van der Waals surface area contributed by atoms with Gasteiger partial charge in [-0.1, -0.05) is 6.42 Å². The molecule has 3 heterocycles. The number of piperidine rings is 2. The van der Waals surface area contributed by atoms with Gasteiger partial charge in [-0.05, 0) is 52.6 Å². The lowest BCUT2D eigenvalue weighted by Gasteiger charge is -2.49. The van der Waals surface area contributed by atoms with Gasteiger partial charge in [0, 0.05) is 31.2 Å². The fraction of sp³-hybridized carbons (Fsp3) is 0.938. The van der Waals surface area contributed by atoms with Crippen LogP contribution in [0, 0.1) is 5.92 Å². The van der Waals surface area contributed by atoms with Crippen LogP contribution >= 0.6 is 12.4 Å². The highest BCUT2D eigenvalue weighted by atomic mass is 35.5. The lowest BCUT2D eigenvalue weighted by Crippen LogP contribution is -2.62. The van der Waals surface area contributed by atoms with Crippen LogP contribution in [0.15, 0.2) is 0 Å². The first kappa shape index (κ1) is 17.0. The number of fused-ring (bicyclic) bond motifs is 1. The second kappa shape index (κ2) is 7.30. The summed E-state index contributed by atoms with van der Waals surface area (Å²) in [4.78, 5) is 17.7. The second-order valence-corrected chi connectivity index (χ2v) is 6.98. The molecular weight excluding hydrogens is 286 g/mol. The van der Waals surface area contributed by atoms with E-state index in [0.29, 0.717) is 24.0 Å². The first-order chi connectivity index (χ1) is 9.66. The predicted octanol–water partition coefficient (Wildman–Crippen LogP) is 1.88. The third-order valence-corrected chi connectivity index (χ3v) is 5.55. The number of carbonyl (C=O) groups is 1. The van der Waals surface area contributed by atoms with Crippen molar-refractivity contribution in [1.82, 2.24) is 15.1 Å². The standard InChI is InChI=1S/C16H29N3O.ClH/c1-12-10-18-9-4-3-6-14(18)11-19(12)16(20)15-7-5-8-17-13(15)2;/h12-15,17H,3-11H2,1-2H3;1H. The molecule has 122 valence electrons. The Bertz CT molecular complexity index is 365. The number of halogens is 1. The van der Waals surface area contributed by atoms with Crippen molar-refractivity contribution in [3.8, 4) is 0 Å².